The second-order valence-corrected chi connectivity index (χ2v) is 7.21. The number of epoxide rings is 2. The summed E-state index contributed by atoms with van der Waals surface area (Å²) < 4.78 is 11.2. The van der Waals surface area contributed by atoms with E-state index in [2.05, 4.69) is 4.90 Å². The molecule has 0 bridgehead atoms. The first-order valence-electron chi connectivity index (χ1n) is 8.25. The van der Waals surface area contributed by atoms with E-state index in [-0.39, 0.29) is 5.91 Å². The summed E-state index contributed by atoms with van der Waals surface area (Å²) >= 11 is 0. The monoisotopic (exact) mass is 279 g/mol. The lowest BCUT2D eigenvalue weighted by Crippen LogP contribution is -2.39. The molecule has 20 heavy (non-hydrogen) atoms. The highest BCUT2D eigenvalue weighted by Gasteiger charge is 2.45. The van der Waals surface area contributed by atoms with Gasteiger partial charge >= 0.3 is 0 Å². The van der Waals surface area contributed by atoms with Crippen molar-refractivity contribution < 1.29 is 14.3 Å². The summed E-state index contributed by atoms with van der Waals surface area (Å²) in [5, 5.41) is 0. The molecule has 4 aliphatic rings. The van der Waals surface area contributed by atoms with Crippen molar-refractivity contribution in [2.45, 2.75) is 69.9 Å². The highest BCUT2D eigenvalue weighted by atomic mass is 16.6. The normalized spacial score (nSPS) is 45.2. The Bertz CT molecular complexity index is 369. The fourth-order valence-corrected chi connectivity index (χ4v) is 4.26. The standard InChI is InChI=1S/C16H25NO3/c1-10(18)17(8-11-2-4-13-15(6-11)19-13)9-12-3-5-14-16(7-12)20-14/h11-16H,2-9H2,1H3. The van der Waals surface area contributed by atoms with E-state index in [1.807, 2.05) is 0 Å². The minimum atomic E-state index is 0.239. The molecule has 4 heteroatoms. The van der Waals surface area contributed by atoms with Crippen LogP contribution in [0.4, 0.5) is 0 Å². The van der Waals surface area contributed by atoms with Crippen LogP contribution in [0.2, 0.25) is 0 Å². The van der Waals surface area contributed by atoms with E-state index in [1.165, 1.54) is 25.7 Å². The maximum absolute atomic E-state index is 11.9. The Morgan fingerprint density at radius 3 is 1.80 bits per heavy atom. The van der Waals surface area contributed by atoms with Crippen molar-refractivity contribution in [2.24, 2.45) is 11.8 Å². The molecule has 2 saturated heterocycles. The predicted molar refractivity (Wildman–Crippen MR) is 74.3 cm³/mol. The summed E-state index contributed by atoms with van der Waals surface area (Å²) in [4.78, 5) is 14.0. The zero-order valence-electron chi connectivity index (χ0n) is 12.3. The number of rotatable bonds is 4. The minimum absolute atomic E-state index is 0.239. The summed E-state index contributed by atoms with van der Waals surface area (Å²) in [6.07, 6.45) is 9.30. The molecule has 2 aliphatic carbocycles. The van der Waals surface area contributed by atoms with Crippen LogP contribution in [-0.4, -0.2) is 48.3 Å². The second kappa shape index (κ2) is 4.99. The van der Waals surface area contributed by atoms with Crippen LogP contribution in [0.15, 0.2) is 0 Å². The fraction of sp³-hybridized carbons (Fsp3) is 0.938. The maximum Gasteiger partial charge on any atom is 0.219 e. The average Bonchev–Trinajstić information content (AvgIpc) is 3.31. The molecule has 2 saturated carbocycles. The minimum Gasteiger partial charge on any atom is -0.370 e. The molecule has 4 rings (SSSR count). The zero-order valence-corrected chi connectivity index (χ0v) is 12.3. The molecule has 6 atom stereocenters. The number of fused-ring (bicyclic) bond motifs is 2. The van der Waals surface area contributed by atoms with Crippen LogP contribution < -0.4 is 0 Å². The highest BCUT2D eigenvalue weighted by Crippen LogP contribution is 2.41. The Hall–Kier alpha value is -0.610. The van der Waals surface area contributed by atoms with Gasteiger partial charge in [-0.25, -0.2) is 0 Å². The van der Waals surface area contributed by atoms with Crippen LogP contribution in [-0.2, 0) is 14.3 Å². The van der Waals surface area contributed by atoms with Crippen molar-refractivity contribution in [1.29, 1.82) is 0 Å². The lowest BCUT2D eigenvalue weighted by atomic mass is 9.87. The number of amides is 1. The average molecular weight is 279 g/mol. The van der Waals surface area contributed by atoms with Crippen LogP contribution in [0.25, 0.3) is 0 Å². The largest absolute Gasteiger partial charge is 0.370 e. The third-order valence-electron chi connectivity index (χ3n) is 5.63. The van der Waals surface area contributed by atoms with E-state index in [4.69, 9.17) is 9.47 Å². The number of carbonyl (C=O) groups is 1. The lowest BCUT2D eigenvalue weighted by molar-refractivity contribution is -0.130. The van der Waals surface area contributed by atoms with Crippen molar-refractivity contribution >= 4 is 5.91 Å². The quantitative estimate of drug-likeness (QED) is 0.739. The van der Waals surface area contributed by atoms with Crippen molar-refractivity contribution in [3.05, 3.63) is 0 Å². The maximum atomic E-state index is 11.9. The number of hydrogen-bond donors (Lipinski definition) is 0. The number of nitrogens with zero attached hydrogens (tertiary/aromatic N) is 1. The first kappa shape index (κ1) is 13.1. The van der Waals surface area contributed by atoms with Crippen LogP contribution >= 0.6 is 0 Å². The van der Waals surface area contributed by atoms with Crippen molar-refractivity contribution in [2.75, 3.05) is 13.1 Å². The number of hydrogen-bond acceptors (Lipinski definition) is 3. The van der Waals surface area contributed by atoms with E-state index >= 15 is 0 Å². The van der Waals surface area contributed by atoms with Gasteiger partial charge in [0, 0.05) is 20.0 Å². The van der Waals surface area contributed by atoms with Gasteiger partial charge in [-0.05, 0) is 50.4 Å². The first-order chi connectivity index (χ1) is 9.69. The fourth-order valence-electron chi connectivity index (χ4n) is 4.26. The molecule has 0 N–H and O–H groups in total. The van der Waals surface area contributed by atoms with Gasteiger partial charge in [0.1, 0.15) is 0 Å². The molecule has 4 nitrogen and oxygen atoms in total. The van der Waals surface area contributed by atoms with E-state index in [0.717, 1.165) is 25.9 Å². The SMILES string of the molecule is CC(=O)N(CC1CCC2OC2C1)CC1CCC2OC2C1. The van der Waals surface area contributed by atoms with E-state index in [1.54, 1.807) is 6.92 Å². The van der Waals surface area contributed by atoms with E-state index in [0.29, 0.717) is 36.3 Å². The first-order valence-corrected chi connectivity index (χ1v) is 8.25. The molecule has 0 aromatic heterocycles. The van der Waals surface area contributed by atoms with Crippen LogP contribution in [0, 0.1) is 11.8 Å². The third kappa shape index (κ3) is 2.73. The van der Waals surface area contributed by atoms with Gasteiger partial charge in [0.25, 0.3) is 0 Å². The van der Waals surface area contributed by atoms with Gasteiger partial charge in [0.05, 0.1) is 24.4 Å². The number of ether oxygens (including phenoxy) is 2. The molecule has 0 aromatic rings. The van der Waals surface area contributed by atoms with Crippen LogP contribution in [0.1, 0.15) is 45.4 Å². The van der Waals surface area contributed by atoms with Crippen LogP contribution in [0.5, 0.6) is 0 Å². The Balaban J connectivity index is 1.30. The van der Waals surface area contributed by atoms with E-state index < -0.39 is 0 Å². The summed E-state index contributed by atoms with van der Waals surface area (Å²) in [6, 6.07) is 0. The molecule has 2 aliphatic heterocycles. The molecule has 2 heterocycles. The lowest BCUT2D eigenvalue weighted by Gasteiger charge is -2.31. The van der Waals surface area contributed by atoms with E-state index in [9.17, 15) is 4.79 Å². The summed E-state index contributed by atoms with van der Waals surface area (Å²) in [5.74, 6) is 1.54. The summed E-state index contributed by atoms with van der Waals surface area (Å²) in [5.41, 5.74) is 0. The van der Waals surface area contributed by atoms with Gasteiger partial charge in [0.15, 0.2) is 0 Å². The summed E-state index contributed by atoms with van der Waals surface area (Å²) in [6.45, 7) is 3.60. The molecule has 4 fully saturated rings. The molecular formula is C16H25NO3. The van der Waals surface area contributed by atoms with Gasteiger partial charge in [-0.1, -0.05) is 0 Å². The summed E-state index contributed by atoms with van der Waals surface area (Å²) in [7, 11) is 0. The highest BCUT2D eigenvalue weighted by molar-refractivity contribution is 5.73. The van der Waals surface area contributed by atoms with Crippen molar-refractivity contribution in [3.63, 3.8) is 0 Å². The Kier molecular flexibility index (Phi) is 3.26. The van der Waals surface area contributed by atoms with Gasteiger partial charge in [0.2, 0.25) is 5.91 Å². The molecule has 1 amide bonds. The van der Waals surface area contributed by atoms with Crippen LogP contribution in [0.3, 0.4) is 0 Å². The smallest absolute Gasteiger partial charge is 0.219 e. The second-order valence-electron chi connectivity index (χ2n) is 7.21. The van der Waals surface area contributed by atoms with Crippen molar-refractivity contribution in [1.82, 2.24) is 4.90 Å². The van der Waals surface area contributed by atoms with Gasteiger partial charge in [-0.2, -0.15) is 0 Å². The topological polar surface area (TPSA) is 45.4 Å². The molecule has 0 radical (unpaired) electrons. The Morgan fingerprint density at radius 2 is 1.40 bits per heavy atom. The number of carbonyl (C=O) groups excluding carboxylic acids is 1. The van der Waals surface area contributed by atoms with Crippen molar-refractivity contribution in [3.8, 4) is 0 Å². The predicted octanol–water partition coefficient (Wildman–Crippen LogP) is 1.97. The Labute approximate surface area is 120 Å². The molecule has 6 unspecified atom stereocenters. The van der Waals surface area contributed by atoms with Gasteiger partial charge in [-0.15, -0.1) is 0 Å². The molecule has 112 valence electrons. The molecular weight excluding hydrogens is 254 g/mol. The molecule has 0 aromatic carbocycles. The Morgan fingerprint density at radius 1 is 0.900 bits per heavy atom. The molecule has 0 spiro atoms. The zero-order chi connectivity index (χ0) is 13.7. The van der Waals surface area contributed by atoms with Gasteiger partial charge in [-0.3, -0.25) is 4.79 Å². The van der Waals surface area contributed by atoms with Gasteiger partial charge < -0.3 is 14.4 Å². The third-order valence-corrected chi connectivity index (χ3v) is 5.63.